The molecule has 8 heterocycles. The van der Waals surface area contributed by atoms with E-state index in [-0.39, 0.29) is 47.2 Å². The molecule has 6 aliphatic rings. The van der Waals surface area contributed by atoms with Gasteiger partial charge in [0.25, 0.3) is 11.8 Å². The number of rotatable bonds is 8. The zero-order valence-corrected chi connectivity index (χ0v) is 26.1. The summed E-state index contributed by atoms with van der Waals surface area (Å²) in [6.45, 7) is 6.05. The first-order valence-electron chi connectivity index (χ1n) is 16.3. The van der Waals surface area contributed by atoms with E-state index in [9.17, 15) is 19.2 Å². The van der Waals surface area contributed by atoms with Gasteiger partial charge in [0.15, 0.2) is 11.2 Å². The number of oxazole rings is 2. The molecule has 2 aromatic carbocycles. The minimum atomic E-state index is -0.935. The van der Waals surface area contributed by atoms with E-state index in [2.05, 4.69) is 30.4 Å². The van der Waals surface area contributed by atoms with Gasteiger partial charge in [0.05, 0.1) is 0 Å². The monoisotopic (exact) mass is 654 g/mol. The number of carbonyl (C=O) groups is 4. The lowest BCUT2D eigenvalue weighted by molar-refractivity contribution is -0.133. The van der Waals surface area contributed by atoms with E-state index in [0.29, 0.717) is 34.0 Å². The highest BCUT2D eigenvalue weighted by molar-refractivity contribution is 5.98. The van der Waals surface area contributed by atoms with Crippen LogP contribution in [0.3, 0.4) is 0 Å². The summed E-state index contributed by atoms with van der Waals surface area (Å²) in [5.74, 6) is -1.28. The van der Waals surface area contributed by atoms with Gasteiger partial charge in [-0.15, -0.1) is 0 Å². The number of fused-ring (bicyclic) bond motifs is 8. The van der Waals surface area contributed by atoms with Crippen molar-refractivity contribution in [3.63, 3.8) is 0 Å². The van der Waals surface area contributed by atoms with Gasteiger partial charge in [0, 0.05) is 48.5 Å². The van der Waals surface area contributed by atoms with E-state index < -0.39 is 11.9 Å². The smallest absolute Gasteiger partial charge is 0.402 e. The summed E-state index contributed by atoms with van der Waals surface area (Å²) in [5.41, 5.74) is 2.18. The Morgan fingerprint density at radius 3 is 1.46 bits per heavy atom. The van der Waals surface area contributed by atoms with E-state index in [4.69, 9.17) is 18.3 Å². The lowest BCUT2D eigenvalue weighted by atomic mass is 9.84. The summed E-state index contributed by atoms with van der Waals surface area (Å²) in [7, 11) is 0. The molecule has 0 spiro atoms. The van der Waals surface area contributed by atoms with Gasteiger partial charge in [-0.05, 0) is 100 Å². The molecule has 14 heteroatoms. The molecular formula is C34H34N6O8. The van der Waals surface area contributed by atoms with Crippen molar-refractivity contribution in [1.82, 2.24) is 30.4 Å². The van der Waals surface area contributed by atoms with Crippen LogP contribution in [-0.4, -0.2) is 94.9 Å². The first kappa shape index (κ1) is 30.3. The van der Waals surface area contributed by atoms with E-state index in [0.717, 1.165) is 77.1 Å². The minimum Gasteiger partial charge on any atom is -0.409 e. The predicted molar refractivity (Wildman–Crippen MR) is 169 cm³/mol. The van der Waals surface area contributed by atoms with E-state index >= 15 is 0 Å². The fourth-order valence-corrected chi connectivity index (χ4v) is 7.31. The largest absolute Gasteiger partial charge is 0.409 e. The molecule has 2 atom stereocenters. The Hall–Kier alpha value is -5.08. The molecular weight excluding hydrogens is 620 g/mol. The van der Waals surface area contributed by atoms with E-state index in [1.165, 1.54) is 0 Å². The van der Waals surface area contributed by atoms with Gasteiger partial charge in [-0.2, -0.15) is 9.97 Å². The number of benzene rings is 2. The molecule has 0 saturated carbocycles. The second kappa shape index (κ2) is 12.5. The summed E-state index contributed by atoms with van der Waals surface area (Å²) in [6.07, 6.45) is 5.38. The maximum Gasteiger partial charge on any atom is 0.402 e. The summed E-state index contributed by atoms with van der Waals surface area (Å²) < 4.78 is 21.3. The van der Waals surface area contributed by atoms with Crippen LogP contribution < -0.4 is 20.1 Å². The minimum absolute atomic E-state index is 0.119. The SMILES string of the molecule is O=C(/C=C/C(=O)Oc1nc2ccc(C(=O)NC3CN4CCC3CC4)cc2o1)Oc1nc2ccc(C(=O)NC3CN4CCC3CC4)cc2o1. The van der Waals surface area contributed by atoms with Crippen LogP contribution in [0.25, 0.3) is 22.2 Å². The van der Waals surface area contributed by atoms with Crippen LogP contribution in [0.5, 0.6) is 12.2 Å². The van der Waals surface area contributed by atoms with Crippen molar-refractivity contribution in [2.24, 2.45) is 11.8 Å². The van der Waals surface area contributed by atoms with Crippen LogP contribution in [0.15, 0.2) is 57.4 Å². The highest BCUT2D eigenvalue weighted by atomic mass is 16.6. The number of hydrogen-bond acceptors (Lipinski definition) is 12. The number of piperidine rings is 6. The number of aromatic nitrogens is 2. The molecule has 248 valence electrons. The molecule has 2 N–H and O–H groups in total. The predicted octanol–water partition coefficient (Wildman–Crippen LogP) is 2.68. The molecule has 10 rings (SSSR count). The zero-order chi connectivity index (χ0) is 32.8. The molecule has 6 fully saturated rings. The fourth-order valence-electron chi connectivity index (χ4n) is 7.31. The van der Waals surface area contributed by atoms with E-state index in [1.54, 1.807) is 36.4 Å². The number of amides is 2. The summed E-state index contributed by atoms with van der Waals surface area (Å²) in [6, 6.07) is 9.86. The van der Waals surface area contributed by atoms with Crippen LogP contribution in [0.2, 0.25) is 0 Å². The Bertz CT molecular complexity index is 1800. The zero-order valence-electron chi connectivity index (χ0n) is 26.1. The molecule has 0 radical (unpaired) electrons. The average Bonchev–Trinajstić information content (AvgIpc) is 3.70. The van der Waals surface area contributed by atoms with Crippen molar-refractivity contribution < 1.29 is 37.5 Å². The number of nitrogens with zero attached hydrogens (tertiary/aromatic N) is 4. The van der Waals surface area contributed by atoms with Crippen LogP contribution in [0.1, 0.15) is 46.4 Å². The second-order valence-electron chi connectivity index (χ2n) is 12.9. The van der Waals surface area contributed by atoms with Crippen LogP contribution in [-0.2, 0) is 9.59 Å². The normalized spacial score (nSPS) is 26.2. The standard InChI is InChI=1S/C34H34N6O8/c41-29(47-33-37-23-3-1-21(15-27(23)45-33)31(43)35-25-17-39-11-7-19(25)8-12-39)5-6-30(42)48-34-38-24-4-2-22(16-28(24)46-34)32(44)36-26-18-40-13-9-20(26)10-14-40/h1-6,15-16,19-20,25-26H,7-14,17-18H2,(H,35,43)(H,36,44)/b6-5+. The molecule has 2 amide bonds. The fraction of sp³-hybridized carbons (Fsp3) is 0.412. The lowest BCUT2D eigenvalue weighted by Crippen LogP contribution is -2.57. The third-order valence-corrected chi connectivity index (χ3v) is 9.94. The highest BCUT2D eigenvalue weighted by Crippen LogP contribution is 2.30. The van der Waals surface area contributed by atoms with Gasteiger partial charge in [0.1, 0.15) is 11.0 Å². The first-order valence-corrected chi connectivity index (χ1v) is 16.3. The summed E-state index contributed by atoms with van der Waals surface area (Å²) in [5, 5.41) is 6.28. The van der Waals surface area contributed by atoms with Crippen molar-refractivity contribution in [1.29, 1.82) is 0 Å². The Morgan fingerprint density at radius 2 is 1.08 bits per heavy atom. The van der Waals surface area contributed by atoms with Crippen LogP contribution in [0, 0.1) is 11.8 Å². The number of esters is 2. The van der Waals surface area contributed by atoms with E-state index in [1.807, 2.05) is 0 Å². The molecule has 6 saturated heterocycles. The van der Waals surface area contributed by atoms with Crippen LogP contribution >= 0.6 is 0 Å². The van der Waals surface area contributed by atoms with Crippen molar-refractivity contribution in [2.75, 3.05) is 39.3 Å². The molecule has 0 aliphatic carbocycles. The van der Waals surface area contributed by atoms with Gasteiger partial charge < -0.3 is 38.7 Å². The quantitative estimate of drug-likeness (QED) is 0.211. The highest BCUT2D eigenvalue weighted by Gasteiger charge is 2.36. The Balaban J connectivity index is 0.847. The second-order valence-corrected chi connectivity index (χ2v) is 12.9. The van der Waals surface area contributed by atoms with Gasteiger partial charge in [-0.1, -0.05) is 0 Å². The van der Waals surface area contributed by atoms with Crippen molar-refractivity contribution in [2.45, 2.75) is 37.8 Å². The van der Waals surface area contributed by atoms with Gasteiger partial charge >= 0.3 is 24.1 Å². The third-order valence-electron chi connectivity index (χ3n) is 9.94. The molecule has 4 aromatic rings. The number of ether oxygens (including phenoxy) is 2. The first-order chi connectivity index (χ1) is 23.3. The lowest BCUT2D eigenvalue weighted by Gasteiger charge is -2.44. The maximum atomic E-state index is 12.9. The van der Waals surface area contributed by atoms with Crippen molar-refractivity contribution >= 4 is 46.0 Å². The topological polar surface area (TPSA) is 169 Å². The average molecular weight is 655 g/mol. The van der Waals surface area contributed by atoms with Crippen molar-refractivity contribution in [3.8, 4) is 12.2 Å². The molecule has 2 unspecified atom stereocenters. The molecule has 4 bridgehead atoms. The van der Waals surface area contributed by atoms with Gasteiger partial charge in [0.2, 0.25) is 0 Å². The van der Waals surface area contributed by atoms with Crippen LogP contribution in [0.4, 0.5) is 0 Å². The summed E-state index contributed by atoms with van der Waals surface area (Å²) in [4.78, 5) is 63.6. The maximum absolute atomic E-state index is 12.9. The molecule has 48 heavy (non-hydrogen) atoms. The van der Waals surface area contributed by atoms with Crippen molar-refractivity contribution in [3.05, 3.63) is 59.7 Å². The third kappa shape index (κ3) is 6.28. The number of nitrogens with one attached hydrogen (secondary N) is 2. The summed E-state index contributed by atoms with van der Waals surface area (Å²) >= 11 is 0. The number of hydrogen-bond donors (Lipinski definition) is 2. The Labute approximate surface area is 274 Å². The van der Waals surface area contributed by atoms with Gasteiger partial charge in [-0.3, -0.25) is 9.59 Å². The Morgan fingerprint density at radius 1 is 0.667 bits per heavy atom. The Kier molecular flexibility index (Phi) is 7.89. The molecule has 14 nitrogen and oxygen atoms in total. The molecule has 6 aliphatic heterocycles. The molecule has 2 aromatic heterocycles. The van der Waals surface area contributed by atoms with Gasteiger partial charge in [-0.25, -0.2) is 9.59 Å². The number of carbonyl (C=O) groups excluding carboxylic acids is 4.